The molecule has 0 saturated carbocycles. The number of hydrogen-bond acceptors (Lipinski definition) is 4. The fourth-order valence-corrected chi connectivity index (χ4v) is 3.38. The Morgan fingerprint density at radius 3 is 2.83 bits per heavy atom. The summed E-state index contributed by atoms with van der Waals surface area (Å²) in [5.74, 6) is 1.05. The van der Waals surface area contributed by atoms with Crippen LogP contribution in [0.3, 0.4) is 0 Å². The van der Waals surface area contributed by atoms with Crippen molar-refractivity contribution in [1.82, 2.24) is 15.0 Å². The molecular weight excluding hydrogens is 294 g/mol. The molecule has 0 spiro atoms. The van der Waals surface area contributed by atoms with E-state index in [2.05, 4.69) is 5.16 Å². The maximum Gasteiger partial charge on any atom is 0.242 e. The molecule has 1 aromatic heterocycles. The van der Waals surface area contributed by atoms with Crippen molar-refractivity contribution >= 4 is 11.8 Å². The van der Waals surface area contributed by atoms with E-state index in [0.717, 1.165) is 56.4 Å². The Hall–Kier alpha value is -1.85. The van der Waals surface area contributed by atoms with E-state index in [1.165, 1.54) is 5.56 Å². The Labute approximate surface area is 136 Å². The molecular formula is C17H25N3O3. The number of hydrogen-bond donors (Lipinski definition) is 0. The van der Waals surface area contributed by atoms with Gasteiger partial charge in [0.05, 0.1) is 13.1 Å². The van der Waals surface area contributed by atoms with Crippen molar-refractivity contribution in [2.45, 2.75) is 57.9 Å². The molecule has 6 heteroatoms. The Morgan fingerprint density at radius 1 is 1.17 bits per heavy atom. The van der Waals surface area contributed by atoms with Crippen molar-refractivity contribution in [2.24, 2.45) is 0 Å². The van der Waals surface area contributed by atoms with Gasteiger partial charge in [-0.3, -0.25) is 9.59 Å². The van der Waals surface area contributed by atoms with Gasteiger partial charge in [0, 0.05) is 32.0 Å². The highest BCUT2D eigenvalue weighted by molar-refractivity contribution is 5.84. The van der Waals surface area contributed by atoms with Crippen LogP contribution in [0.1, 0.15) is 55.5 Å². The molecule has 2 amide bonds. The van der Waals surface area contributed by atoms with Gasteiger partial charge in [-0.25, -0.2) is 0 Å². The van der Waals surface area contributed by atoms with Crippen molar-refractivity contribution in [3.8, 4) is 0 Å². The highest BCUT2D eigenvalue weighted by Gasteiger charge is 2.24. The first-order valence-electron chi connectivity index (χ1n) is 8.63. The van der Waals surface area contributed by atoms with Crippen LogP contribution in [-0.2, 0) is 29.0 Å². The van der Waals surface area contributed by atoms with Crippen molar-refractivity contribution in [1.29, 1.82) is 0 Å². The second-order valence-electron chi connectivity index (χ2n) is 6.61. The first kappa shape index (κ1) is 16.0. The van der Waals surface area contributed by atoms with Crippen LogP contribution in [0.25, 0.3) is 0 Å². The number of aromatic nitrogens is 1. The van der Waals surface area contributed by atoms with Gasteiger partial charge in [0.2, 0.25) is 11.8 Å². The monoisotopic (exact) mass is 319 g/mol. The zero-order valence-corrected chi connectivity index (χ0v) is 13.8. The van der Waals surface area contributed by atoms with Gasteiger partial charge in [-0.2, -0.15) is 0 Å². The van der Waals surface area contributed by atoms with Crippen LogP contribution in [-0.4, -0.2) is 46.9 Å². The largest absolute Gasteiger partial charge is 0.361 e. The summed E-state index contributed by atoms with van der Waals surface area (Å²) in [4.78, 5) is 27.8. The van der Waals surface area contributed by atoms with Gasteiger partial charge in [0.15, 0.2) is 0 Å². The topological polar surface area (TPSA) is 66.7 Å². The minimum Gasteiger partial charge on any atom is -0.361 e. The minimum atomic E-state index is -0.0344. The van der Waals surface area contributed by atoms with Gasteiger partial charge >= 0.3 is 0 Å². The molecule has 0 aromatic carbocycles. The molecule has 2 heterocycles. The molecule has 0 radical (unpaired) electrons. The lowest BCUT2D eigenvalue weighted by atomic mass is 9.96. The number of carbonyl (C=O) groups is 2. The van der Waals surface area contributed by atoms with Crippen LogP contribution in [0.5, 0.6) is 0 Å². The van der Waals surface area contributed by atoms with Crippen molar-refractivity contribution in [3.63, 3.8) is 0 Å². The second kappa shape index (κ2) is 7.15. The summed E-state index contributed by atoms with van der Waals surface area (Å²) in [5, 5.41) is 4.15. The molecule has 0 atom stereocenters. The van der Waals surface area contributed by atoms with Crippen molar-refractivity contribution in [2.75, 3.05) is 20.1 Å². The first-order chi connectivity index (χ1) is 11.1. The van der Waals surface area contributed by atoms with Crippen LogP contribution < -0.4 is 0 Å². The van der Waals surface area contributed by atoms with E-state index in [0.29, 0.717) is 19.5 Å². The lowest BCUT2D eigenvalue weighted by Gasteiger charge is -2.24. The summed E-state index contributed by atoms with van der Waals surface area (Å²) in [6, 6.07) is 0. The third-order valence-corrected chi connectivity index (χ3v) is 4.84. The number of aryl methyl sites for hydroxylation is 1. The van der Waals surface area contributed by atoms with E-state index in [4.69, 9.17) is 4.52 Å². The average molecular weight is 319 g/mol. The molecule has 1 fully saturated rings. The molecule has 1 aromatic rings. The van der Waals surface area contributed by atoms with E-state index in [-0.39, 0.29) is 18.4 Å². The molecule has 6 nitrogen and oxygen atoms in total. The van der Waals surface area contributed by atoms with Crippen LogP contribution in [0.4, 0.5) is 0 Å². The average Bonchev–Trinajstić information content (AvgIpc) is 2.85. The highest BCUT2D eigenvalue weighted by atomic mass is 16.5. The molecule has 0 N–H and O–H groups in total. The molecule has 3 rings (SSSR count). The summed E-state index contributed by atoms with van der Waals surface area (Å²) in [6.07, 6.45) is 7.78. The van der Waals surface area contributed by atoms with E-state index >= 15 is 0 Å². The number of nitrogens with zero attached hydrogens (tertiary/aromatic N) is 3. The quantitative estimate of drug-likeness (QED) is 0.850. The van der Waals surface area contributed by atoms with E-state index in [9.17, 15) is 9.59 Å². The SMILES string of the molecule is CN(Cc1noc2c1CCCC2)C(=O)CN1CCCCCC1=O. The van der Waals surface area contributed by atoms with Gasteiger partial charge in [0.25, 0.3) is 0 Å². The van der Waals surface area contributed by atoms with Gasteiger partial charge in [-0.05, 0) is 32.1 Å². The van der Waals surface area contributed by atoms with Crippen molar-refractivity contribution in [3.05, 3.63) is 17.0 Å². The predicted molar refractivity (Wildman–Crippen MR) is 84.7 cm³/mol. The van der Waals surface area contributed by atoms with Crippen LogP contribution in [0.2, 0.25) is 0 Å². The normalized spacial score (nSPS) is 18.5. The zero-order chi connectivity index (χ0) is 16.2. The maximum absolute atomic E-state index is 12.4. The molecule has 1 saturated heterocycles. The number of amides is 2. The summed E-state index contributed by atoms with van der Waals surface area (Å²) in [6.45, 7) is 1.33. The van der Waals surface area contributed by atoms with Gasteiger partial charge in [-0.15, -0.1) is 0 Å². The minimum absolute atomic E-state index is 0.0344. The Morgan fingerprint density at radius 2 is 1.96 bits per heavy atom. The smallest absolute Gasteiger partial charge is 0.242 e. The fourth-order valence-electron chi connectivity index (χ4n) is 3.38. The van der Waals surface area contributed by atoms with Gasteiger partial charge < -0.3 is 14.3 Å². The number of rotatable bonds is 4. The fraction of sp³-hybridized carbons (Fsp3) is 0.706. The van der Waals surface area contributed by atoms with Gasteiger partial charge in [-0.1, -0.05) is 11.6 Å². The van der Waals surface area contributed by atoms with Crippen LogP contribution in [0.15, 0.2) is 4.52 Å². The third-order valence-electron chi connectivity index (χ3n) is 4.84. The molecule has 2 aliphatic rings. The summed E-state index contributed by atoms with van der Waals surface area (Å²) >= 11 is 0. The third kappa shape index (κ3) is 3.74. The molecule has 126 valence electrons. The highest BCUT2D eigenvalue weighted by Crippen LogP contribution is 2.24. The lowest BCUT2D eigenvalue weighted by molar-refractivity contribution is -0.139. The summed E-state index contributed by atoms with van der Waals surface area (Å²) in [7, 11) is 1.77. The zero-order valence-electron chi connectivity index (χ0n) is 13.8. The molecule has 0 bridgehead atoms. The number of likely N-dealkylation sites (N-methyl/N-ethyl adjacent to an activating group) is 1. The van der Waals surface area contributed by atoms with E-state index < -0.39 is 0 Å². The Kier molecular flexibility index (Phi) is 4.98. The molecule has 1 aliphatic heterocycles. The lowest BCUT2D eigenvalue weighted by Crippen LogP contribution is -2.41. The van der Waals surface area contributed by atoms with Crippen LogP contribution >= 0.6 is 0 Å². The Bertz CT molecular complexity index is 582. The first-order valence-corrected chi connectivity index (χ1v) is 8.63. The molecule has 23 heavy (non-hydrogen) atoms. The summed E-state index contributed by atoms with van der Waals surface area (Å²) in [5.41, 5.74) is 2.06. The predicted octanol–water partition coefficient (Wildman–Crippen LogP) is 1.91. The standard InChI is InChI=1S/C17H25N3O3/c1-19(11-14-13-7-4-5-8-15(13)23-18-14)17(22)12-20-10-6-2-3-9-16(20)21/h2-12H2,1H3. The molecule has 1 aliphatic carbocycles. The second-order valence-corrected chi connectivity index (χ2v) is 6.61. The molecule has 0 unspecified atom stereocenters. The van der Waals surface area contributed by atoms with Gasteiger partial charge in [0.1, 0.15) is 11.5 Å². The van der Waals surface area contributed by atoms with E-state index in [1.54, 1.807) is 16.8 Å². The maximum atomic E-state index is 12.4. The summed E-state index contributed by atoms with van der Waals surface area (Å²) < 4.78 is 5.40. The van der Waals surface area contributed by atoms with Crippen molar-refractivity contribution < 1.29 is 14.1 Å². The number of likely N-dealkylation sites (tertiary alicyclic amines) is 1. The van der Waals surface area contributed by atoms with Crippen LogP contribution in [0, 0.1) is 0 Å². The van der Waals surface area contributed by atoms with E-state index in [1.807, 2.05) is 0 Å². The number of carbonyl (C=O) groups excluding carboxylic acids is 2. The number of fused-ring (bicyclic) bond motifs is 1. The Balaban J connectivity index is 1.59.